The second kappa shape index (κ2) is 11.8. The average molecular weight is 669 g/mol. The van der Waals surface area contributed by atoms with E-state index in [1.165, 1.54) is 48.2 Å². The summed E-state index contributed by atoms with van der Waals surface area (Å²) >= 11 is 0. The van der Waals surface area contributed by atoms with Gasteiger partial charge in [-0.3, -0.25) is 4.98 Å². The van der Waals surface area contributed by atoms with E-state index >= 15 is 0 Å². The van der Waals surface area contributed by atoms with E-state index in [0.29, 0.717) is 0 Å². The van der Waals surface area contributed by atoms with Crippen molar-refractivity contribution >= 4 is 72.7 Å². The summed E-state index contributed by atoms with van der Waals surface area (Å²) in [5.74, 6) is 0. The van der Waals surface area contributed by atoms with Crippen LogP contribution in [0.5, 0.6) is 0 Å². The summed E-state index contributed by atoms with van der Waals surface area (Å²) in [7, 11) is -2.65. The van der Waals surface area contributed by atoms with Crippen molar-refractivity contribution in [1.82, 2.24) is 9.55 Å². The molecule has 0 amide bonds. The maximum absolute atomic E-state index is 6.11. The third-order valence-electron chi connectivity index (χ3n) is 10.4. The molecule has 0 saturated carbocycles. The normalized spacial score (nSPS) is 11.9. The van der Waals surface area contributed by atoms with Gasteiger partial charge in [0.2, 0.25) is 0 Å². The summed E-state index contributed by atoms with van der Waals surface area (Å²) in [4.78, 5) is 4.64. The van der Waals surface area contributed by atoms with Crippen molar-refractivity contribution in [3.63, 3.8) is 0 Å². The van der Waals surface area contributed by atoms with E-state index in [1.54, 1.807) is 0 Å². The minimum Gasteiger partial charge on any atom is -0.454 e. The first-order chi connectivity index (χ1) is 25.3. The first-order valence-electron chi connectivity index (χ1n) is 17.4. The molecule has 10 aromatic rings. The van der Waals surface area contributed by atoms with Crippen LogP contribution in [0.25, 0.3) is 60.7 Å². The van der Waals surface area contributed by atoms with Crippen LogP contribution in [-0.2, 0) is 0 Å². The van der Waals surface area contributed by atoms with E-state index in [0.717, 1.165) is 33.3 Å². The highest BCUT2D eigenvalue weighted by atomic mass is 28.3. The Labute approximate surface area is 296 Å². The van der Waals surface area contributed by atoms with Crippen molar-refractivity contribution in [3.8, 4) is 16.8 Å². The van der Waals surface area contributed by atoms with Gasteiger partial charge < -0.3 is 8.98 Å². The molecule has 0 atom stereocenters. The molecule has 10 rings (SSSR count). The van der Waals surface area contributed by atoms with Crippen LogP contribution >= 0.6 is 0 Å². The zero-order valence-electron chi connectivity index (χ0n) is 27.8. The molecule has 0 aliphatic heterocycles. The highest BCUT2D eigenvalue weighted by Crippen LogP contribution is 2.36. The molecule has 0 radical (unpaired) electrons. The predicted octanol–water partition coefficient (Wildman–Crippen LogP) is 9.12. The molecule has 0 bridgehead atoms. The number of furan rings is 1. The van der Waals surface area contributed by atoms with E-state index in [-0.39, 0.29) is 0 Å². The number of para-hydroxylation sites is 1. The van der Waals surface area contributed by atoms with Gasteiger partial charge >= 0.3 is 0 Å². The molecular weight excluding hydrogens is 637 g/mol. The van der Waals surface area contributed by atoms with Crippen LogP contribution in [0.4, 0.5) is 0 Å². The molecule has 0 fully saturated rings. The van der Waals surface area contributed by atoms with Crippen molar-refractivity contribution in [2.75, 3.05) is 0 Å². The SMILES string of the molecule is c1ccc([Si](c2ccccc2)(c2ccccc2)c2cccc(-c3ccc4c(c3)c3ccccc3n4-c3ccc4oc5cccnc5c4c3)c2)cc1. The van der Waals surface area contributed by atoms with Crippen LogP contribution in [0, 0.1) is 0 Å². The quantitative estimate of drug-likeness (QED) is 0.131. The fourth-order valence-corrected chi connectivity index (χ4v) is 12.9. The summed E-state index contributed by atoms with van der Waals surface area (Å²) in [6.45, 7) is 0. The van der Waals surface area contributed by atoms with Gasteiger partial charge in [0, 0.05) is 28.0 Å². The third kappa shape index (κ3) is 4.61. The predicted molar refractivity (Wildman–Crippen MR) is 215 cm³/mol. The number of rotatable bonds is 6. The second-order valence-electron chi connectivity index (χ2n) is 13.1. The molecule has 0 unspecified atom stereocenters. The lowest BCUT2D eigenvalue weighted by atomic mass is 10.0. The van der Waals surface area contributed by atoms with Crippen molar-refractivity contribution in [3.05, 3.63) is 194 Å². The lowest BCUT2D eigenvalue weighted by Gasteiger charge is -2.34. The third-order valence-corrected chi connectivity index (χ3v) is 15.2. The molecule has 3 nitrogen and oxygen atoms in total. The number of fused-ring (bicyclic) bond motifs is 6. The van der Waals surface area contributed by atoms with Crippen LogP contribution in [0.3, 0.4) is 0 Å². The van der Waals surface area contributed by atoms with Crippen molar-refractivity contribution < 1.29 is 4.42 Å². The molecule has 0 saturated heterocycles. The zero-order valence-corrected chi connectivity index (χ0v) is 28.8. The minimum atomic E-state index is -2.65. The number of hydrogen-bond acceptors (Lipinski definition) is 2. The van der Waals surface area contributed by atoms with Gasteiger partial charge in [-0.1, -0.05) is 140 Å². The van der Waals surface area contributed by atoms with Gasteiger partial charge in [-0.25, -0.2) is 0 Å². The molecule has 3 heterocycles. The molecule has 0 aliphatic carbocycles. The molecule has 4 heteroatoms. The Balaban J connectivity index is 1.17. The van der Waals surface area contributed by atoms with E-state index in [4.69, 9.17) is 4.42 Å². The lowest BCUT2D eigenvalue weighted by Crippen LogP contribution is -2.74. The van der Waals surface area contributed by atoms with Crippen LogP contribution in [0.2, 0.25) is 0 Å². The van der Waals surface area contributed by atoms with E-state index in [9.17, 15) is 0 Å². The molecule has 51 heavy (non-hydrogen) atoms. The van der Waals surface area contributed by atoms with Gasteiger partial charge in [0.1, 0.15) is 11.1 Å². The first kappa shape index (κ1) is 29.4. The topological polar surface area (TPSA) is 31.0 Å². The van der Waals surface area contributed by atoms with E-state index < -0.39 is 8.07 Å². The highest BCUT2D eigenvalue weighted by molar-refractivity contribution is 7.19. The minimum absolute atomic E-state index is 0.803. The van der Waals surface area contributed by atoms with Gasteiger partial charge in [0.15, 0.2) is 13.7 Å². The van der Waals surface area contributed by atoms with Crippen LogP contribution in [0.15, 0.2) is 199 Å². The fourth-order valence-electron chi connectivity index (χ4n) is 8.15. The number of aromatic nitrogens is 2. The Hall–Kier alpha value is -6.49. The molecular formula is C47H32N2OSi. The number of nitrogens with zero attached hydrogens (tertiary/aromatic N) is 2. The number of hydrogen-bond donors (Lipinski definition) is 0. The lowest BCUT2D eigenvalue weighted by molar-refractivity contribution is 0.668. The monoisotopic (exact) mass is 668 g/mol. The molecule has 0 N–H and O–H groups in total. The van der Waals surface area contributed by atoms with Crippen molar-refractivity contribution in [2.45, 2.75) is 0 Å². The molecule has 3 aromatic heterocycles. The first-order valence-corrected chi connectivity index (χ1v) is 19.4. The Morgan fingerprint density at radius 2 is 1.04 bits per heavy atom. The average Bonchev–Trinajstić information content (AvgIpc) is 3.75. The molecule has 7 aromatic carbocycles. The van der Waals surface area contributed by atoms with Crippen molar-refractivity contribution in [2.24, 2.45) is 0 Å². The van der Waals surface area contributed by atoms with Gasteiger partial charge in [-0.05, 0) is 80.4 Å². The van der Waals surface area contributed by atoms with Crippen LogP contribution < -0.4 is 20.7 Å². The Bertz CT molecular complexity index is 2760. The maximum Gasteiger partial charge on any atom is 0.179 e. The zero-order chi connectivity index (χ0) is 33.8. The molecule has 0 spiro atoms. The van der Waals surface area contributed by atoms with E-state index in [1.807, 2.05) is 18.3 Å². The Morgan fingerprint density at radius 1 is 0.412 bits per heavy atom. The van der Waals surface area contributed by atoms with E-state index in [2.05, 4.69) is 185 Å². The summed E-state index contributed by atoms with van der Waals surface area (Å²) in [5, 5.41) is 8.94. The van der Waals surface area contributed by atoms with Gasteiger partial charge in [0.25, 0.3) is 0 Å². The Morgan fingerprint density at radius 3 is 1.76 bits per heavy atom. The van der Waals surface area contributed by atoms with Crippen LogP contribution in [0.1, 0.15) is 0 Å². The standard InChI is InChI=1S/C47H32N2OSi/c1-4-15-36(16-5-1)51(37-17-6-2-7-18-37,38-19-8-3-9-20-38)39-21-12-14-33(30-39)34-25-27-44-41(31-34)40-22-10-11-23-43(40)49(44)35-26-28-45-42(32-35)47-46(50-45)24-13-29-48-47/h1-32H. The Kier molecular flexibility index (Phi) is 6.83. The van der Waals surface area contributed by atoms with Gasteiger partial charge in [0.05, 0.1) is 11.0 Å². The van der Waals surface area contributed by atoms with Gasteiger partial charge in [-0.15, -0.1) is 0 Å². The van der Waals surface area contributed by atoms with Crippen LogP contribution in [-0.4, -0.2) is 17.6 Å². The second-order valence-corrected chi connectivity index (χ2v) is 17.0. The summed E-state index contributed by atoms with van der Waals surface area (Å²) in [6.07, 6.45) is 1.83. The maximum atomic E-state index is 6.11. The smallest absolute Gasteiger partial charge is 0.179 e. The largest absolute Gasteiger partial charge is 0.454 e. The molecule has 240 valence electrons. The fraction of sp³-hybridized carbons (Fsp3) is 0. The summed E-state index contributed by atoms with van der Waals surface area (Å²) in [6, 6.07) is 68.6. The van der Waals surface area contributed by atoms with Gasteiger partial charge in [-0.2, -0.15) is 0 Å². The van der Waals surface area contributed by atoms with Crippen molar-refractivity contribution in [1.29, 1.82) is 0 Å². The summed E-state index contributed by atoms with van der Waals surface area (Å²) in [5.41, 5.74) is 8.36. The highest BCUT2D eigenvalue weighted by Gasteiger charge is 2.41. The number of pyridine rings is 1. The molecule has 0 aliphatic rings. The summed E-state index contributed by atoms with van der Waals surface area (Å²) < 4.78 is 8.48. The number of benzene rings is 7.